The summed E-state index contributed by atoms with van der Waals surface area (Å²) in [6.07, 6.45) is 4.84. The van der Waals surface area contributed by atoms with Gasteiger partial charge in [-0.3, -0.25) is 0 Å². The standard InChI is InChI=1S/C20H28O3/c1-6-14(2)8-7-9-15-10-11-16-13-18(21-3)20(23-5)19(22-4)17(16)12-15/h10-14H,6-9H2,1-5H3. The third-order valence-corrected chi connectivity index (χ3v) is 4.57. The van der Waals surface area contributed by atoms with Gasteiger partial charge < -0.3 is 14.2 Å². The first kappa shape index (κ1) is 17.5. The Morgan fingerprint density at radius 3 is 2.30 bits per heavy atom. The van der Waals surface area contributed by atoms with E-state index in [0.717, 1.165) is 28.9 Å². The van der Waals surface area contributed by atoms with Gasteiger partial charge in [-0.25, -0.2) is 0 Å². The monoisotopic (exact) mass is 316 g/mol. The van der Waals surface area contributed by atoms with Crippen LogP contribution in [0.25, 0.3) is 10.8 Å². The molecule has 2 aromatic rings. The predicted octanol–water partition coefficient (Wildman–Crippen LogP) is 5.23. The molecule has 0 N–H and O–H groups in total. The summed E-state index contributed by atoms with van der Waals surface area (Å²) in [6.45, 7) is 4.58. The van der Waals surface area contributed by atoms with Crippen molar-refractivity contribution < 1.29 is 14.2 Å². The summed E-state index contributed by atoms with van der Waals surface area (Å²) in [5.74, 6) is 2.89. The van der Waals surface area contributed by atoms with E-state index in [1.165, 1.54) is 24.8 Å². The maximum atomic E-state index is 5.60. The zero-order chi connectivity index (χ0) is 16.8. The van der Waals surface area contributed by atoms with Gasteiger partial charge in [-0.05, 0) is 41.8 Å². The van der Waals surface area contributed by atoms with Crippen molar-refractivity contribution in [2.75, 3.05) is 21.3 Å². The maximum Gasteiger partial charge on any atom is 0.203 e. The van der Waals surface area contributed by atoms with Crippen LogP contribution in [0.1, 0.15) is 38.7 Å². The molecule has 0 heterocycles. The first-order valence-corrected chi connectivity index (χ1v) is 8.36. The minimum absolute atomic E-state index is 0.652. The molecule has 0 amide bonds. The number of ether oxygens (including phenoxy) is 3. The third kappa shape index (κ3) is 3.90. The zero-order valence-electron chi connectivity index (χ0n) is 14.9. The number of benzene rings is 2. The Morgan fingerprint density at radius 1 is 0.957 bits per heavy atom. The fraction of sp³-hybridized carbons (Fsp3) is 0.500. The van der Waals surface area contributed by atoms with Crippen LogP contribution < -0.4 is 14.2 Å². The van der Waals surface area contributed by atoms with E-state index >= 15 is 0 Å². The van der Waals surface area contributed by atoms with Crippen molar-refractivity contribution in [2.24, 2.45) is 5.92 Å². The highest BCUT2D eigenvalue weighted by Gasteiger charge is 2.16. The number of fused-ring (bicyclic) bond motifs is 1. The van der Waals surface area contributed by atoms with Gasteiger partial charge in [0, 0.05) is 5.39 Å². The highest BCUT2D eigenvalue weighted by molar-refractivity contribution is 5.93. The van der Waals surface area contributed by atoms with Crippen molar-refractivity contribution in [1.29, 1.82) is 0 Å². The minimum Gasteiger partial charge on any atom is -0.493 e. The van der Waals surface area contributed by atoms with Crippen LogP contribution in [0.3, 0.4) is 0 Å². The molecule has 23 heavy (non-hydrogen) atoms. The summed E-state index contributed by atoms with van der Waals surface area (Å²) in [5.41, 5.74) is 1.34. The molecule has 0 saturated heterocycles. The Hall–Kier alpha value is -1.90. The average molecular weight is 316 g/mol. The van der Waals surface area contributed by atoms with Crippen molar-refractivity contribution in [3.8, 4) is 17.2 Å². The van der Waals surface area contributed by atoms with E-state index < -0.39 is 0 Å². The Morgan fingerprint density at radius 2 is 1.70 bits per heavy atom. The second-order valence-corrected chi connectivity index (χ2v) is 6.11. The molecule has 3 nitrogen and oxygen atoms in total. The average Bonchev–Trinajstić information content (AvgIpc) is 2.59. The van der Waals surface area contributed by atoms with Crippen LogP contribution in [0.4, 0.5) is 0 Å². The molecule has 0 aliphatic carbocycles. The summed E-state index contributed by atoms with van der Waals surface area (Å²) in [7, 11) is 4.96. The number of rotatable bonds is 8. The molecular formula is C20H28O3. The molecule has 0 aromatic heterocycles. The Balaban J connectivity index is 2.34. The lowest BCUT2D eigenvalue weighted by Gasteiger charge is -2.15. The van der Waals surface area contributed by atoms with Gasteiger partial charge in [0.15, 0.2) is 11.5 Å². The molecule has 0 saturated carbocycles. The van der Waals surface area contributed by atoms with E-state index in [-0.39, 0.29) is 0 Å². The van der Waals surface area contributed by atoms with Crippen molar-refractivity contribution in [3.05, 3.63) is 29.8 Å². The van der Waals surface area contributed by atoms with Crippen LogP contribution in [0.5, 0.6) is 17.2 Å². The topological polar surface area (TPSA) is 27.7 Å². The zero-order valence-corrected chi connectivity index (χ0v) is 14.9. The Labute approximate surface area is 139 Å². The number of aryl methyl sites for hydroxylation is 1. The van der Waals surface area contributed by atoms with Gasteiger partial charge in [0.05, 0.1) is 21.3 Å². The quantitative estimate of drug-likeness (QED) is 0.667. The van der Waals surface area contributed by atoms with Gasteiger partial charge in [-0.2, -0.15) is 0 Å². The van der Waals surface area contributed by atoms with Crippen molar-refractivity contribution >= 4 is 10.8 Å². The molecule has 2 rings (SSSR count). The van der Waals surface area contributed by atoms with E-state index in [9.17, 15) is 0 Å². The van der Waals surface area contributed by atoms with Crippen LogP contribution in [-0.4, -0.2) is 21.3 Å². The fourth-order valence-electron chi connectivity index (χ4n) is 2.93. The largest absolute Gasteiger partial charge is 0.493 e. The number of methoxy groups -OCH3 is 3. The second kappa shape index (κ2) is 8.09. The molecule has 0 aliphatic heterocycles. The molecule has 126 valence electrons. The van der Waals surface area contributed by atoms with Crippen molar-refractivity contribution in [3.63, 3.8) is 0 Å². The molecule has 2 aromatic carbocycles. The lowest BCUT2D eigenvalue weighted by atomic mass is 9.97. The Kier molecular flexibility index (Phi) is 6.14. The molecule has 0 spiro atoms. The van der Waals surface area contributed by atoms with Gasteiger partial charge in [-0.15, -0.1) is 0 Å². The molecule has 1 unspecified atom stereocenters. The van der Waals surface area contributed by atoms with Crippen LogP contribution in [0.2, 0.25) is 0 Å². The highest BCUT2D eigenvalue weighted by Crippen LogP contribution is 2.43. The first-order chi connectivity index (χ1) is 11.1. The van der Waals surface area contributed by atoms with Gasteiger partial charge in [0.1, 0.15) is 0 Å². The van der Waals surface area contributed by atoms with E-state index in [0.29, 0.717) is 11.5 Å². The lowest BCUT2D eigenvalue weighted by Crippen LogP contribution is -1.97. The van der Waals surface area contributed by atoms with Crippen molar-refractivity contribution in [2.45, 2.75) is 39.5 Å². The Bertz CT molecular complexity index is 649. The van der Waals surface area contributed by atoms with Crippen LogP contribution in [-0.2, 0) is 6.42 Å². The van der Waals surface area contributed by atoms with Gasteiger partial charge >= 0.3 is 0 Å². The molecule has 0 bridgehead atoms. The number of hydrogen-bond acceptors (Lipinski definition) is 3. The van der Waals surface area contributed by atoms with E-state index in [1.54, 1.807) is 21.3 Å². The normalized spacial score (nSPS) is 12.2. The minimum atomic E-state index is 0.652. The SMILES string of the molecule is CCC(C)CCCc1ccc2cc(OC)c(OC)c(OC)c2c1. The fourth-order valence-corrected chi connectivity index (χ4v) is 2.93. The van der Waals surface area contributed by atoms with E-state index in [4.69, 9.17) is 14.2 Å². The molecule has 0 aliphatic rings. The molecule has 3 heteroatoms. The third-order valence-electron chi connectivity index (χ3n) is 4.57. The predicted molar refractivity (Wildman–Crippen MR) is 96.0 cm³/mol. The van der Waals surface area contributed by atoms with E-state index in [2.05, 4.69) is 32.0 Å². The van der Waals surface area contributed by atoms with Gasteiger partial charge in [0.25, 0.3) is 0 Å². The summed E-state index contributed by atoms with van der Waals surface area (Å²) >= 11 is 0. The summed E-state index contributed by atoms with van der Waals surface area (Å²) in [5, 5.41) is 2.18. The van der Waals surface area contributed by atoms with Crippen molar-refractivity contribution in [1.82, 2.24) is 0 Å². The van der Waals surface area contributed by atoms with Gasteiger partial charge in [0.2, 0.25) is 5.75 Å². The van der Waals surface area contributed by atoms with Crippen LogP contribution >= 0.6 is 0 Å². The first-order valence-electron chi connectivity index (χ1n) is 8.36. The number of hydrogen-bond donors (Lipinski definition) is 0. The molecule has 1 atom stereocenters. The molecular weight excluding hydrogens is 288 g/mol. The molecule has 0 radical (unpaired) electrons. The summed E-state index contributed by atoms with van der Waals surface area (Å²) in [6, 6.07) is 8.55. The summed E-state index contributed by atoms with van der Waals surface area (Å²) < 4.78 is 16.5. The van der Waals surface area contributed by atoms with Crippen LogP contribution in [0, 0.1) is 5.92 Å². The molecule has 0 fully saturated rings. The highest BCUT2D eigenvalue weighted by atomic mass is 16.5. The maximum absolute atomic E-state index is 5.60. The summed E-state index contributed by atoms with van der Waals surface area (Å²) in [4.78, 5) is 0. The van der Waals surface area contributed by atoms with E-state index in [1.807, 2.05) is 6.07 Å². The lowest BCUT2D eigenvalue weighted by molar-refractivity contribution is 0.327. The second-order valence-electron chi connectivity index (χ2n) is 6.11. The van der Waals surface area contributed by atoms with Crippen LogP contribution in [0.15, 0.2) is 24.3 Å². The van der Waals surface area contributed by atoms with Gasteiger partial charge in [-0.1, -0.05) is 38.8 Å². The smallest absolute Gasteiger partial charge is 0.203 e.